The summed E-state index contributed by atoms with van der Waals surface area (Å²) in [5.41, 5.74) is 2.21. The number of carbonyl (C=O) groups is 1. The molecule has 1 aromatic carbocycles. The third-order valence-corrected chi connectivity index (χ3v) is 7.60. The van der Waals surface area contributed by atoms with E-state index in [1.807, 2.05) is 12.1 Å². The van der Waals surface area contributed by atoms with Crippen LogP contribution in [-0.4, -0.2) is 39.8 Å². The van der Waals surface area contributed by atoms with Gasteiger partial charge in [0.05, 0.1) is 5.75 Å². The van der Waals surface area contributed by atoms with Crippen LogP contribution in [0, 0.1) is 18.8 Å². The highest BCUT2D eigenvalue weighted by Crippen LogP contribution is 2.36. The summed E-state index contributed by atoms with van der Waals surface area (Å²) >= 11 is 3.00. The predicted molar refractivity (Wildman–Crippen MR) is 112 cm³/mol. The highest BCUT2D eigenvalue weighted by molar-refractivity contribution is 8.01. The van der Waals surface area contributed by atoms with E-state index in [-0.39, 0.29) is 5.91 Å². The Hall–Kier alpha value is -1.60. The smallest absolute Gasteiger partial charge is 0.233 e. The number of carbonyl (C=O) groups excluding carboxylic acids is 1. The maximum Gasteiger partial charge on any atom is 0.233 e. The number of hydrogen-bond acceptors (Lipinski definition) is 6. The third-order valence-electron chi connectivity index (χ3n) is 5.64. The molecule has 1 aliphatic heterocycles. The van der Waals surface area contributed by atoms with Crippen molar-refractivity contribution in [2.24, 2.45) is 11.8 Å². The van der Waals surface area contributed by atoms with Crippen LogP contribution in [0.5, 0.6) is 0 Å². The molecule has 1 saturated heterocycles. The van der Waals surface area contributed by atoms with Gasteiger partial charge in [0.1, 0.15) is 0 Å². The summed E-state index contributed by atoms with van der Waals surface area (Å²) in [6.07, 6.45) is 6.56. The van der Waals surface area contributed by atoms with Gasteiger partial charge in [0.25, 0.3) is 0 Å². The van der Waals surface area contributed by atoms with Crippen molar-refractivity contribution in [2.75, 3.05) is 24.2 Å². The number of aromatic nitrogens is 2. The molecule has 2 fully saturated rings. The van der Waals surface area contributed by atoms with Crippen LogP contribution in [0.3, 0.4) is 0 Å². The zero-order chi connectivity index (χ0) is 18.6. The molecule has 5 nitrogen and oxygen atoms in total. The number of nitrogens with one attached hydrogen (secondary N) is 1. The normalized spacial score (nSPS) is 22.3. The minimum absolute atomic E-state index is 0.243. The van der Waals surface area contributed by atoms with Crippen molar-refractivity contribution >= 4 is 39.8 Å². The fourth-order valence-electron chi connectivity index (χ4n) is 4.21. The lowest BCUT2D eigenvalue weighted by Gasteiger charge is -2.41. The van der Waals surface area contributed by atoms with E-state index in [1.54, 1.807) is 0 Å². The van der Waals surface area contributed by atoms with Gasteiger partial charge >= 0.3 is 0 Å². The number of amides is 1. The van der Waals surface area contributed by atoms with E-state index in [0.717, 1.165) is 40.1 Å². The number of hydrogen-bond donors (Lipinski definition) is 1. The van der Waals surface area contributed by atoms with E-state index in [9.17, 15) is 4.79 Å². The van der Waals surface area contributed by atoms with Gasteiger partial charge in [-0.05, 0) is 49.3 Å². The van der Waals surface area contributed by atoms with Crippen LogP contribution in [0.25, 0.3) is 0 Å². The molecule has 1 aliphatic carbocycles. The van der Waals surface area contributed by atoms with Crippen molar-refractivity contribution in [1.82, 2.24) is 15.1 Å². The summed E-state index contributed by atoms with van der Waals surface area (Å²) in [5, 5.41) is 12.5. The number of piperidine rings is 1. The Morgan fingerprint density at radius 1 is 1.26 bits per heavy atom. The van der Waals surface area contributed by atoms with Gasteiger partial charge in [-0.25, -0.2) is 0 Å². The van der Waals surface area contributed by atoms with E-state index in [0.29, 0.717) is 5.75 Å². The topological polar surface area (TPSA) is 58.1 Å². The molecule has 1 saturated carbocycles. The molecule has 1 N–H and O–H groups in total. The van der Waals surface area contributed by atoms with Crippen LogP contribution in [-0.2, 0) is 4.79 Å². The number of aryl methyl sites for hydroxylation is 1. The molecular formula is C20H26N4OS2. The van der Waals surface area contributed by atoms with Crippen LogP contribution >= 0.6 is 23.1 Å². The minimum atomic E-state index is 0.243. The first-order valence-corrected chi connectivity index (χ1v) is 11.6. The van der Waals surface area contributed by atoms with Gasteiger partial charge in [-0.15, -0.1) is 10.2 Å². The highest BCUT2D eigenvalue weighted by Gasteiger charge is 2.32. The molecule has 0 bridgehead atoms. The maximum absolute atomic E-state index is 12.6. The number of likely N-dealkylation sites (tertiary alicyclic amines) is 1. The van der Waals surface area contributed by atoms with Crippen LogP contribution in [0.15, 0.2) is 28.6 Å². The van der Waals surface area contributed by atoms with Gasteiger partial charge in [0.2, 0.25) is 11.0 Å². The fourth-order valence-corrected chi connectivity index (χ4v) is 5.88. The number of anilines is 2. The molecule has 0 unspecified atom stereocenters. The van der Waals surface area contributed by atoms with Gasteiger partial charge in [0, 0.05) is 18.8 Å². The van der Waals surface area contributed by atoms with Gasteiger partial charge in [-0.3, -0.25) is 4.79 Å². The molecule has 27 heavy (non-hydrogen) atoms. The van der Waals surface area contributed by atoms with Gasteiger partial charge in [0.15, 0.2) is 4.34 Å². The van der Waals surface area contributed by atoms with Crippen LogP contribution in [0.2, 0.25) is 0 Å². The molecule has 4 rings (SSSR count). The molecule has 0 radical (unpaired) electrons. The lowest BCUT2D eigenvalue weighted by atomic mass is 9.75. The molecule has 1 aromatic heterocycles. The monoisotopic (exact) mass is 402 g/mol. The Labute approximate surface area is 168 Å². The second-order valence-corrected chi connectivity index (χ2v) is 9.79. The Kier molecular flexibility index (Phi) is 5.98. The molecular weight excluding hydrogens is 376 g/mol. The average molecular weight is 403 g/mol. The van der Waals surface area contributed by atoms with Gasteiger partial charge in [-0.2, -0.15) is 0 Å². The van der Waals surface area contributed by atoms with Crippen molar-refractivity contribution in [3.8, 4) is 0 Å². The molecule has 2 aromatic rings. The molecule has 144 valence electrons. The quantitative estimate of drug-likeness (QED) is 0.733. The second kappa shape index (κ2) is 8.61. The van der Waals surface area contributed by atoms with E-state index in [2.05, 4.69) is 39.5 Å². The minimum Gasteiger partial charge on any atom is -0.342 e. The van der Waals surface area contributed by atoms with E-state index in [4.69, 9.17) is 0 Å². The summed E-state index contributed by atoms with van der Waals surface area (Å²) < 4.78 is 0.839. The van der Waals surface area contributed by atoms with Crippen molar-refractivity contribution in [2.45, 2.75) is 43.4 Å². The van der Waals surface area contributed by atoms with Gasteiger partial charge in [-0.1, -0.05) is 54.5 Å². The third kappa shape index (κ3) is 4.82. The van der Waals surface area contributed by atoms with E-state index >= 15 is 0 Å². The molecule has 7 heteroatoms. The number of nitrogens with zero attached hydrogens (tertiary/aromatic N) is 3. The van der Waals surface area contributed by atoms with Crippen molar-refractivity contribution in [3.63, 3.8) is 0 Å². The van der Waals surface area contributed by atoms with Crippen molar-refractivity contribution < 1.29 is 4.79 Å². The molecule has 0 spiro atoms. The van der Waals surface area contributed by atoms with E-state index in [1.165, 1.54) is 60.8 Å². The summed E-state index contributed by atoms with van der Waals surface area (Å²) in [7, 11) is 0. The highest BCUT2D eigenvalue weighted by atomic mass is 32.2. The summed E-state index contributed by atoms with van der Waals surface area (Å²) in [6, 6.07) is 8.17. The summed E-state index contributed by atoms with van der Waals surface area (Å²) in [6.45, 7) is 3.95. The number of rotatable bonds is 5. The average Bonchev–Trinajstić information content (AvgIpc) is 3.13. The van der Waals surface area contributed by atoms with Crippen LogP contribution in [0.1, 0.15) is 37.7 Å². The lowest BCUT2D eigenvalue weighted by molar-refractivity contribution is -0.131. The van der Waals surface area contributed by atoms with Crippen molar-refractivity contribution in [3.05, 3.63) is 29.8 Å². The van der Waals surface area contributed by atoms with Gasteiger partial charge < -0.3 is 10.2 Å². The van der Waals surface area contributed by atoms with Crippen molar-refractivity contribution in [1.29, 1.82) is 0 Å². The molecule has 2 aliphatic rings. The Balaban J connectivity index is 1.27. The largest absolute Gasteiger partial charge is 0.342 e. The fraction of sp³-hybridized carbons (Fsp3) is 0.550. The molecule has 1 amide bonds. The maximum atomic E-state index is 12.6. The first-order valence-electron chi connectivity index (χ1n) is 9.75. The second-order valence-electron chi connectivity index (χ2n) is 7.59. The first-order chi connectivity index (χ1) is 13.2. The Morgan fingerprint density at radius 3 is 2.96 bits per heavy atom. The number of fused-ring (bicyclic) bond motifs is 1. The first kappa shape index (κ1) is 18.7. The SMILES string of the molecule is Cc1cccc(Nc2nnc(SCC(=O)N3CC[C@H]4CCCC[C@H]4C3)s2)c1. The number of benzene rings is 1. The molecule has 2 heterocycles. The molecule has 2 atom stereocenters. The van der Waals surface area contributed by atoms with Crippen LogP contribution in [0.4, 0.5) is 10.8 Å². The standard InChI is InChI=1S/C20H26N4OS2/c1-14-5-4-8-17(11-14)21-19-22-23-20(27-19)26-13-18(25)24-10-9-15-6-2-3-7-16(15)12-24/h4-5,8,11,15-16H,2-3,6-7,9-10,12-13H2,1H3,(H,21,22)/t15-,16+/m1/s1. The predicted octanol–water partition coefficient (Wildman–Crippen LogP) is 4.72. The zero-order valence-electron chi connectivity index (χ0n) is 15.7. The Bertz CT molecular complexity index is 794. The Morgan fingerprint density at radius 2 is 2.11 bits per heavy atom. The lowest BCUT2D eigenvalue weighted by Crippen LogP contribution is -2.45. The number of thioether (sulfide) groups is 1. The zero-order valence-corrected chi connectivity index (χ0v) is 17.3. The summed E-state index contributed by atoms with van der Waals surface area (Å²) in [5.74, 6) is 2.28. The van der Waals surface area contributed by atoms with E-state index < -0.39 is 0 Å². The summed E-state index contributed by atoms with van der Waals surface area (Å²) in [4.78, 5) is 14.7. The van der Waals surface area contributed by atoms with Crippen LogP contribution < -0.4 is 5.32 Å².